The average Bonchev–Trinajstić information content (AvgIpc) is 2.14. The van der Waals surface area contributed by atoms with Crippen LogP contribution < -0.4 is 0 Å². The lowest BCUT2D eigenvalue weighted by Gasteiger charge is -2.15. The van der Waals surface area contributed by atoms with Gasteiger partial charge in [0.25, 0.3) is 0 Å². The molecule has 1 saturated carbocycles. The highest BCUT2D eigenvalue weighted by Gasteiger charge is 2.09. The van der Waals surface area contributed by atoms with Gasteiger partial charge in [-0.25, -0.2) is 0 Å². The summed E-state index contributed by atoms with van der Waals surface area (Å²) in [5.41, 5.74) is 0. The van der Waals surface area contributed by atoms with Gasteiger partial charge in [-0.05, 0) is 19.3 Å². The molecule has 1 radical (unpaired) electrons. The first-order valence-electron chi connectivity index (χ1n) is 5.21. The lowest BCUT2D eigenvalue weighted by molar-refractivity contribution is 0.430. The molecule has 0 heteroatoms. The van der Waals surface area contributed by atoms with Gasteiger partial charge in [-0.1, -0.05) is 38.5 Å². The zero-order valence-corrected chi connectivity index (χ0v) is 7.94. The summed E-state index contributed by atoms with van der Waals surface area (Å²) in [5, 5.41) is 0. The fourth-order valence-corrected chi connectivity index (χ4v) is 1.68. The fraction of sp³-hybridized carbons (Fsp3) is 0.750. The summed E-state index contributed by atoms with van der Waals surface area (Å²) in [7, 11) is 0. The molecule has 0 aromatic heterocycles. The van der Waals surface area contributed by atoms with Gasteiger partial charge in [-0.2, -0.15) is 0 Å². The fourth-order valence-electron chi connectivity index (χ4n) is 1.68. The van der Waals surface area contributed by atoms with E-state index in [1.165, 1.54) is 38.5 Å². The molecule has 0 unspecified atom stereocenters. The van der Waals surface area contributed by atoms with E-state index in [1.54, 1.807) is 0 Å². The summed E-state index contributed by atoms with van der Waals surface area (Å²) in [4.78, 5) is 0. The quantitative estimate of drug-likeness (QED) is 0.431. The maximum atomic E-state index is 3.80. The Morgan fingerprint density at radius 1 is 1.17 bits per heavy atom. The molecule has 1 aliphatic rings. The van der Waals surface area contributed by atoms with Gasteiger partial charge in [0.1, 0.15) is 0 Å². The van der Waals surface area contributed by atoms with E-state index in [1.807, 2.05) is 0 Å². The van der Waals surface area contributed by atoms with Crippen molar-refractivity contribution in [3.8, 4) is 11.8 Å². The second-order valence-electron chi connectivity index (χ2n) is 3.61. The van der Waals surface area contributed by atoms with Crippen molar-refractivity contribution in [2.75, 3.05) is 0 Å². The molecule has 0 N–H and O–H groups in total. The maximum absolute atomic E-state index is 3.80. The van der Waals surface area contributed by atoms with Crippen molar-refractivity contribution in [3.05, 3.63) is 6.92 Å². The predicted octanol–water partition coefficient (Wildman–Crippen LogP) is 3.57. The zero-order valence-electron chi connectivity index (χ0n) is 7.94. The molecular formula is C12H19. The van der Waals surface area contributed by atoms with E-state index < -0.39 is 0 Å². The molecule has 0 nitrogen and oxygen atoms in total. The van der Waals surface area contributed by atoms with Gasteiger partial charge in [0.05, 0.1) is 0 Å². The molecular weight excluding hydrogens is 144 g/mol. The Labute approximate surface area is 76.7 Å². The first-order chi connectivity index (χ1) is 5.93. The third-order valence-electron chi connectivity index (χ3n) is 2.46. The van der Waals surface area contributed by atoms with Crippen LogP contribution in [0.2, 0.25) is 0 Å². The Morgan fingerprint density at radius 3 is 2.58 bits per heavy atom. The van der Waals surface area contributed by atoms with Gasteiger partial charge < -0.3 is 0 Å². The molecule has 0 aromatic carbocycles. The molecule has 0 spiro atoms. The molecule has 1 fully saturated rings. The van der Waals surface area contributed by atoms with Crippen molar-refractivity contribution in [1.82, 2.24) is 0 Å². The van der Waals surface area contributed by atoms with Crippen LogP contribution in [0, 0.1) is 24.7 Å². The molecule has 0 bridgehead atoms. The van der Waals surface area contributed by atoms with E-state index in [0.717, 1.165) is 18.8 Å². The van der Waals surface area contributed by atoms with E-state index in [-0.39, 0.29) is 0 Å². The molecule has 0 atom stereocenters. The number of rotatable bonds is 2. The van der Waals surface area contributed by atoms with Crippen LogP contribution in [0.3, 0.4) is 0 Å². The summed E-state index contributed by atoms with van der Waals surface area (Å²) in [6.45, 7) is 3.80. The Kier molecular flexibility index (Phi) is 4.92. The standard InChI is InChI=1S/C12H19/c1-2-3-4-6-9-12-10-7-5-8-11-12/h12H,1-5,7-8,10-11H2. The summed E-state index contributed by atoms with van der Waals surface area (Å²) in [6.07, 6.45) is 10.2. The Morgan fingerprint density at radius 2 is 1.92 bits per heavy atom. The van der Waals surface area contributed by atoms with Gasteiger partial charge in [-0.3, -0.25) is 0 Å². The van der Waals surface area contributed by atoms with Crippen LogP contribution in [0.5, 0.6) is 0 Å². The van der Waals surface area contributed by atoms with Crippen LogP contribution in [0.25, 0.3) is 0 Å². The smallest absolute Gasteiger partial charge is 0.0202 e. The van der Waals surface area contributed by atoms with Gasteiger partial charge >= 0.3 is 0 Å². The van der Waals surface area contributed by atoms with Crippen LogP contribution >= 0.6 is 0 Å². The topological polar surface area (TPSA) is 0 Å². The third-order valence-corrected chi connectivity index (χ3v) is 2.46. The lowest BCUT2D eigenvalue weighted by atomic mass is 9.90. The van der Waals surface area contributed by atoms with Crippen molar-refractivity contribution >= 4 is 0 Å². The molecule has 67 valence electrons. The number of hydrogen-bond acceptors (Lipinski definition) is 0. The van der Waals surface area contributed by atoms with Gasteiger partial charge in [0.15, 0.2) is 0 Å². The highest BCUT2D eigenvalue weighted by molar-refractivity contribution is 5.04. The van der Waals surface area contributed by atoms with E-state index in [2.05, 4.69) is 18.8 Å². The molecule has 0 aliphatic heterocycles. The minimum atomic E-state index is 0.726. The first kappa shape index (κ1) is 9.65. The number of unbranched alkanes of at least 4 members (excludes halogenated alkanes) is 2. The second kappa shape index (κ2) is 6.12. The minimum absolute atomic E-state index is 0.726. The van der Waals surface area contributed by atoms with E-state index in [9.17, 15) is 0 Å². The van der Waals surface area contributed by atoms with Crippen molar-refractivity contribution < 1.29 is 0 Å². The average molecular weight is 163 g/mol. The summed E-state index contributed by atoms with van der Waals surface area (Å²) >= 11 is 0. The molecule has 0 aromatic rings. The molecule has 1 aliphatic carbocycles. The maximum Gasteiger partial charge on any atom is 0.0202 e. The lowest BCUT2D eigenvalue weighted by Crippen LogP contribution is -2.02. The van der Waals surface area contributed by atoms with Crippen molar-refractivity contribution in [2.45, 2.75) is 51.4 Å². The predicted molar refractivity (Wildman–Crippen MR) is 53.6 cm³/mol. The Balaban J connectivity index is 2.13. The van der Waals surface area contributed by atoms with Gasteiger partial charge in [0.2, 0.25) is 0 Å². The highest BCUT2D eigenvalue weighted by Crippen LogP contribution is 2.22. The van der Waals surface area contributed by atoms with E-state index >= 15 is 0 Å². The van der Waals surface area contributed by atoms with Crippen LogP contribution in [0.4, 0.5) is 0 Å². The SMILES string of the molecule is [CH2]CCCC#CC1CCCCC1. The molecule has 1 rings (SSSR count). The van der Waals surface area contributed by atoms with Gasteiger partial charge in [0, 0.05) is 12.3 Å². The van der Waals surface area contributed by atoms with E-state index in [4.69, 9.17) is 0 Å². The molecule has 0 heterocycles. The van der Waals surface area contributed by atoms with Crippen molar-refractivity contribution in [2.24, 2.45) is 5.92 Å². The minimum Gasteiger partial charge on any atom is -0.103 e. The molecule has 12 heavy (non-hydrogen) atoms. The normalized spacial score (nSPS) is 18.4. The summed E-state index contributed by atoms with van der Waals surface area (Å²) < 4.78 is 0. The molecule has 0 amide bonds. The van der Waals surface area contributed by atoms with Crippen molar-refractivity contribution in [1.29, 1.82) is 0 Å². The van der Waals surface area contributed by atoms with Gasteiger partial charge in [-0.15, -0.1) is 5.92 Å². The third kappa shape index (κ3) is 3.81. The van der Waals surface area contributed by atoms with Crippen LogP contribution in [-0.4, -0.2) is 0 Å². The second-order valence-corrected chi connectivity index (χ2v) is 3.61. The van der Waals surface area contributed by atoms with Crippen molar-refractivity contribution in [3.63, 3.8) is 0 Å². The Hall–Kier alpha value is -0.440. The monoisotopic (exact) mass is 163 g/mol. The largest absolute Gasteiger partial charge is 0.103 e. The van der Waals surface area contributed by atoms with Crippen LogP contribution in [0.1, 0.15) is 51.4 Å². The zero-order chi connectivity index (χ0) is 8.65. The highest BCUT2D eigenvalue weighted by atomic mass is 14.1. The summed E-state index contributed by atoms with van der Waals surface area (Å²) in [6, 6.07) is 0. The van der Waals surface area contributed by atoms with Crippen LogP contribution in [-0.2, 0) is 0 Å². The summed E-state index contributed by atoms with van der Waals surface area (Å²) in [5.74, 6) is 7.37. The molecule has 0 saturated heterocycles. The number of hydrogen-bond donors (Lipinski definition) is 0. The first-order valence-corrected chi connectivity index (χ1v) is 5.21. The van der Waals surface area contributed by atoms with E-state index in [0.29, 0.717) is 0 Å². The Bertz CT molecular complexity index is 153. The van der Waals surface area contributed by atoms with Crippen LogP contribution in [0.15, 0.2) is 0 Å².